The average molecular weight is 834 g/mol. The number of carbonyl (C=O) groups excluding carboxylic acids is 1. The number of amides is 1. The Balaban J connectivity index is 3.54. The van der Waals surface area contributed by atoms with Gasteiger partial charge in [-0.25, -0.2) is 0 Å². The Bertz CT molecular complexity index is 833. The van der Waals surface area contributed by atoms with E-state index in [0.29, 0.717) is 12.8 Å². The maximum absolute atomic E-state index is 12.6. The molecule has 0 saturated heterocycles. The number of aliphatic hydroxyl groups excluding tert-OH is 3. The Morgan fingerprint density at radius 3 is 0.932 bits per heavy atom. The maximum atomic E-state index is 12.6. The molecule has 1 amide bonds. The molecule has 0 aromatic rings. The van der Waals surface area contributed by atoms with Crippen molar-refractivity contribution in [3.05, 3.63) is 12.2 Å². The summed E-state index contributed by atoms with van der Waals surface area (Å²) in [5.41, 5.74) is 0. The number of unbranched alkanes of at least 4 members (excludes halogenated alkanes) is 40. The predicted octanol–water partition coefficient (Wildman–Crippen LogP) is 16.3. The van der Waals surface area contributed by atoms with Crippen molar-refractivity contribution < 1.29 is 20.1 Å². The van der Waals surface area contributed by atoms with Crippen molar-refractivity contribution in [2.24, 2.45) is 0 Å². The first-order chi connectivity index (χ1) is 29.1. The molecule has 0 fully saturated rings. The quantitative estimate of drug-likeness (QED) is 0.0363. The van der Waals surface area contributed by atoms with Crippen LogP contribution in [0, 0.1) is 0 Å². The summed E-state index contributed by atoms with van der Waals surface area (Å²) in [6.07, 6.45) is 61.0. The van der Waals surface area contributed by atoms with Crippen LogP contribution in [0.4, 0.5) is 0 Å². The molecular weight excluding hydrogens is 727 g/mol. The summed E-state index contributed by atoms with van der Waals surface area (Å²) in [6.45, 7) is 4.27. The molecule has 0 spiro atoms. The fourth-order valence-corrected chi connectivity index (χ4v) is 8.66. The van der Waals surface area contributed by atoms with Crippen molar-refractivity contribution in [3.8, 4) is 0 Å². The molecule has 0 aliphatic rings. The zero-order valence-corrected chi connectivity index (χ0v) is 40.2. The topological polar surface area (TPSA) is 89.8 Å². The Morgan fingerprint density at radius 1 is 0.390 bits per heavy atom. The van der Waals surface area contributed by atoms with E-state index in [1.54, 1.807) is 0 Å². The van der Waals surface area contributed by atoms with E-state index in [0.717, 1.165) is 32.1 Å². The molecule has 3 unspecified atom stereocenters. The second-order valence-corrected chi connectivity index (χ2v) is 18.8. The van der Waals surface area contributed by atoms with E-state index in [9.17, 15) is 20.1 Å². The van der Waals surface area contributed by atoms with Crippen molar-refractivity contribution in [2.45, 2.75) is 321 Å². The van der Waals surface area contributed by atoms with Crippen LogP contribution in [0.3, 0.4) is 0 Å². The van der Waals surface area contributed by atoms with Gasteiger partial charge in [0.1, 0.15) is 6.10 Å². The smallest absolute Gasteiger partial charge is 0.249 e. The summed E-state index contributed by atoms with van der Waals surface area (Å²) >= 11 is 0. The Kier molecular flexibility index (Phi) is 49.0. The van der Waals surface area contributed by atoms with Gasteiger partial charge >= 0.3 is 0 Å². The van der Waals surface area contributed by atoms with E-state index in [-0.39, 0.29) is 6.61 Å². The summed E-state index contributed by atoms with van der Waals surface area (Å²) in [5, 5.41) is 33.5. The molecule has 5 heteroatoms. The first-order valence-corrected chi connectivity index (χ1v) is 27.0. The van der Waals surface area contributed by atoms with E-state index in [1.807, 2.05) is 0 Å². The van der Waals surface area contributed by atoms with Crippen LogP contribution in [0.5, 0.6) is 0 Å². The van der Waals surface area contributed by atoms with Gasteiger partial charge in [0.15, 0.2) is 0 Å². The number of rotatable bonds is 50. The van der Waals surface area contributed by atoms with Gasteiger partial charge in [-0.15, -0.1) is 0 Å². The number of allylic oxidation sites excluding steroid dienone is 2. The van der Waals surface area contributed by atoms with Crippen LogP contribution in [0.15, 0.2) is 12.2 Å². The van der Waals surface area contributed by atoms with E-state index < -0.39 is 24.2 Å². The van der Waals surface area contributed by atoms with Crippen molar-refractivity contribution in [1.82, 2.24) is 5.32 Å². The van der Waals surface area contributed by atoms with E-state index in [2.05, 4.69) is 31.3 Å². The van der Waals surface area contributed by atoms with Gasteiger partial charge in [-0.05, 0) is 38.5 Å². The van der Waals surface area contributed by atoms with Crippen LogP contribution in [0.25, 0.3) is 0 Å². The molecule has 0 aliphatic heterocycles. The molecule has 0 bridgehead atoms. The van der Waals surface area contributed by atoms with Crippen molar-refractivity contribution >= 4 is 5.91 Å². The zero-order valence-electron chi connectivity index (χ0n) is 40.2. The number of nitrogens with one attached hydrogen (secondary N) is 1. The predicted molar refractivity (Wildman–Crippen MR) is 259 cm³/mol. The zero-order chi connectivity index (χ0) is 43.0. The van der Waals surface area contributed by atoms with E-state index >= 15 is 0 Å². The van der Waals surface area contributed by atoms with Crippen LogP contribution >= 0.6 is 0 Å². The van der Waals surface area contributed by atoms with Crippen molar-refractivity contribution in [1.29, 1.82) is 0 Å². The number of aliphatic hydroxyl groups is 3. The molecule has 5 nitrogen and oxygen atoms in total. The molecule has 0 aromatic heterocycles. The Labute approximate surface area is 369 Å². The molecular formula is C54H107NO4. The molecule has 59 heavy (non-hydrogen) atoms. The van der Waals surface area contributed by atoms with Crippen molar-refractivity contribution in [2.75, 3.05) is 6.61 Å². The molecule has 0 radical (unpaired) electrons. The highest BCUT2D eigenvalue weighted by Crippen LogP contribution is 2.18. The highest BCUT2D eigenvalue weighted by Gasteiger charge is 2.23. The number of carbonyl (C=O) groups is 1. The summed E-state index contributed by atoms with van der Waals surface area (Å²) < 4.78 is 0. The largest absolute Gasteiger partial charge is 0.394 e. The van der Waals surface area contributed by atoms with E-state index in [1.165, 1.54) is 244 Å². The van der Waals surface area contributed by atoms with Gasteiger partial charge < -0.3 is 20.6 Å². The van der Waals surface area contributed by atoms with Crippen molar-refractivity contribution in [3.63, 3.8) is 0 Å². The SMILES string of the molecule is CCCCCCCCCCCCC/C=C\CCCCCCCCC(O)C(=O)NC(CO)C(O)CCCCCCCCCCCCCCCCCCCCCCCCCC. The highest BCUT2D eigenvalue weighted by molar-refractivity contribution is 5.80. The second-order valence-electron chi connectivity index (χ2n) is 18.8. The first kappa shape index (κ1) is 58.1. The molecule has 3 atom stereocenters. The van der Waals surface area contributed by atoms with Crippen LogP contribution in [-0.4, -0.2) is 46.1 Å². The molecule has 4 N–H and O–H groups in total. The summed E-state index contributed by atoms with van der Waals surface area (Å²) in [6, 6.07) is -0.713. The lowest BCUT2D eigenvalue weighted by atomic mass is 10.0. The third-order valence-electron chi connectivity index (χ3n) is 12.9. The normalized spacial score (nSPS) is 13.4. The lowest BCUT2D eigenvalue weighted by Gasteiger charge is -2.23. The summed E-state index contributed by atoms with van der Waals surface area (Å²) in [7, 11) is 0. The van der Waals surface area contributed by atoms with Gasteiger partial charge in [-0.3, -0.25) is 4.79 Å². The van der Waals surface area contributed by atoms with Gasteiger partial charge in [0.05, 0.1) is 18.8 Å². The minimum Gasteiger partial charge on any atom is -0.394 e. The second kappa shape index (κ2) is 49.7. The Morgan fingerprint density at radius 2 is 0.644 bits per heavy atom. The lowest BCUT2D eigenvalue weighted by Crippen LogP contribution is -2.49. The Hall–Kier alpha value is -0.910. The molecule has 0 aromatic carbocycles. The lowest BCUT2D eigenvalue weighted by molar-refractivity contribution is -0.131. The average Bonchev–Trinajstić information content (AvgIpc) is 3.24. The standard InChI is InChI=1S/C54H107NO4/c1-3-5-7-9-11-13-15-17-19-21-23-25-26-27-29-30-32-34-36-38-40-42-44-46-48-52(57)51(50-56)55-54(59)53(58)49-47-45-43-41-39-37-35-33-31-28-24-22-20-18-16-14-12-10-8-6-4-2/h31,33,51-53,56-58H,3-30,32,34-50H2,1-2H3,(H,55,59)/b33-31-. The molecule has 352 valence electrons. The molecule has 0 heterocycles. The molecule has 0 rings (SSSR count). The molecule has 0 aliphatic carbocycles. The minimum atomic E-state index is -1.08. The maximum Gasteiger partial charge on any atom is 0.249 e. The summed E-state index contributed by atoms with van der Waals surface area (Å²) in [4.78, 5) is 12.6. The fraction of sp³-hybridized carbons (Fsp3) is 0.944. The van der Waals surface area contributed by atoms with Crippen LogP contribution < -0.4 is 5.32 Å². The third-order valence-corrected chi connectivity index (χ3v) is 12.9. The van der Waals surface area contributed by atoms with Gasteiger partial charge in [0.2, 0.25) is 5.91 Å². The number of hydrogen-bond acceptors (Lipinski definition) is 4. The van der Waals surface area contributed by atoms with Gasteiger partial charge in [-0.1, -0.05) is 276 Å². The minimum absolute atomic E-state index is 0.312. The van der Waals surface area contributed by atoms with Gasteiger partial charge in [-0.2, -0.15) is 0 Å². The van der Waals surface area contributed by atoms with Gasteiger partial charge in [0.25, 0.3) is 0 Å². The first-order valence-electron chi connectivity index (χ1n) is 27.0. The van der Waals surface area contributed by atoms with Gasteiger partial charge in [0, 0.05) is 0 Å². The monoisotopic (exact) mass is 834 g/mol. The van der Waals surface area contributed by atoms with Crippen LogP contribution in [0.2, 0.25) is 0 Å². The fourth-order valence-electron chi connectivity index (χ4n) is 8.66. The molecule has 0 saturated carbocycles. The summed E-state index contributed by atoms with van der Waals surface area (Å²) in [5.74, 6) is -0.470. The van der Waals surface area contributed by atoms with E-state index in [4.69, 9.17) is 0 Å². The highest BCUT2D eigenvalue weighted by atomic mass is 16.3. The number of hydrogen-bond donors (Lipinski definition) is 4. The van der Waals surface area contributed by atoms with Crippen LogP contribution in [0.1, 0.15) is 303 Å². The third kappa shape index (κ3) is 44.9. The van der Waals surface area contributed by atoms with Crippen LogP contribution in [-0.2, 0) is 4.79 Å².